The molecule has 0 spiro atoms. The van der Waals surface area contributed by atoms with Gasteiger partial charge < -0.3 is 10.6 Å². The number of carbonyl (C=O) groups excluding carboxylic acids is 2. The molecule has 5 rings (SSSR count). The molecule has 0 radical (unpaired) electrons. The molecule has 3 aliphatic rings. The minimum Gasteiger partial charge on any atom is -0.354 e. The van der Waals surface area contributed by atoms with Crippen LogP contribution >= 0.6 is 0 Å². The van der Waals surface area contributed by atoms with E-state index in [0.29, 0.717) is 11.7 Å². The van der Waals surface area contributed by atoms with E-state index in [2.05, 4.69) is 44.6 Å². The first-order chi connectivity index (χ1) is 15.8. The van der Waals surface area contributed by atoms with Crippen molar-refractivity contribution in [2.75, 3.05) is 5.32 Å². The maximum Gasteiger partial charge on any atom is 0.320 e. The summed E-state index contributed by atoms with van der Waals surface area (Å²) in [4.78, 5) is 28.5. The number of carbonyl (C=O) groups is 2. The van der Waals surface area contributed by atoms with Crippen molar-refractivity contribution in [2.24, 2.45) is 5.41 Å². The van der Waals surface area contributed by atoms with E-state index in [1.807, 2.05) is 18.5 Å². The van der Waals surface area contributed by atoms with Gasteiger partial charge in [0.2, 0.25) is 5.91 Å². The van der Waals surface area contributed by atoms with E-state index >= 15 is 0 Å². The fraction of sp³-hybridized carbons (Fsp3) is 0.600. The van der Waals surface area contributed by atoms with Crippen LogP contribution in [-0.4, -0.2) is 38.8 Å². The maximum absolute atomic E-state index is 12.7. The summed E-state index contributed by atoms with van der Waals surface area (Å²) in [7, 11) is 0. The van der Waals surface area contributed by atoms with Crippen LogP contribution in [0.25, 0.3) is 11.1 Å². The number of hydrogen-bond donors (Lipinski definition) is 3. The number of nitrogens with one attached hydrogen (secondary N) is 3. The summed E-state index contributed by atoms with van der Waals surface area (Å²) in [5, 5.41) is 13.7. The molecule has 0 unspecified atom stereocenters. The van der Waals surface area contributed by atoms with Crippen LogP contribution in [0.5, 0.6) is 0 Å². The normalized spacial score (nSPS) is 23.6. The predicted molar refractivity (Wildman–Crippen MR) is 127 cm³/mol. The lowest BCUT2D eigenvalue weighted by Gasteiger charge is -2.29. The molecule has 3 N–H and O–H groups in total. The smallest absolute Gasteiger partial charge is 0.320 e. The van der Waals surface area contributed by atoms with Gasteiger partial charge in [0.25, 0.3) is 0 Å². The number of pyridine rings is 1. The van der Waals surface area contributed by atoms with Gasteiger partial charge in [0, 0.05) is 43.0 Å². The SMILES string of the molecule is CC(=O)NC1CCC(NC(=O)Nc2cc(-c3cnn4c3CC(C)(C)C4)c(C3CC3)cn2)CC1. The highest BCUT2D eigenvalue weighted by Crippen LogP contribution is 2.46. The van der Waals surface area contributed by atoms with E-state index in [-0.39, 0.29) is 29.4 Å². The lowest BCUT2D eigenvalue weighted by atomic mass is 9.89. The Balaban J connectivity index is 1.28. The van der Waals surface area contributed by atoms with Crippen molar-refractivity contribution in [3.05, 3.63) is 29.7 Å². The summed E-state index contributed by atoms with van der Waals surface area (Å²) in [5.41, 5.74) is 5.07. The Morgan fingerprint density at radius 2 is 1.70 bits per heavy atom. The zero-order valence-electron chi connectivity index (χ0n) is 19.8. The van der Waals surface area contributed by atoms with Crippen LogP contribution in [0, 0.1) is 5.41 Å². The van der Waals surface area contributed by atoms with E-state index in [4.69, 9.17) is 0 Å². The molecule has 2 aromatic rings. The first kappa shape index (κ1) is 21.9. The minimum absolute atomic E-state index is 0.00769. The lowest BCUT2D eigenvalue weighted by molar-refractivity contribution is -0.119. The molecule has 0 bridgehead atoms. The second-order valence-electron chi connectivity index (χ2n) is 10.8. The van der Waals surface area contributed by atoms with Crippen molar-refractivity contribution in [3.63, 3.8) is 0 Å². The molecule has 3 amide bonds. The van der Waals surface area contributed by atoms with Gasteiger partial charge in [0.05, 0.1) is 6.20 Å². The van der Waals surface area contributed by atoms with Gasteiger partial charge in [-0.1, -0.05) is 13.8 Å². The second-order valence-corrected chi connectivity index (χ2v) is 10.8. The molecule has 0 saturated heterocycles. The third-order valence-corrected chi connectivity index (χ3v) is 7.13. The van der Waals surface area contributed by atoms with Crippen LogP contribution in [0.2, 0.25) is 0 Å². The summed E-state index contributed by atoms with van der Waals surface area (Å²) < 4.78 is 2.13. The number of anilines is 1. The van der Waals surface area contributed by atoms with E-state index in [9.17, 15) is 9.59 Å². The van der Waals surface area contributed by atoms with E-state index in [1.54, 1.807) is 6.92 Å². The van der Waals surface area contributed by atoms with Crippen LogP contribution in [0.3, 0.4) is 0 Å². The first-order valence-corrected chi connectivity index (χ1v) is 12.2. The summed E-state index contributed by atoms with van der Waals surface area (Å²) in [5.74, 6) is 1.13. The number of amides is 3. The third kappa shape index (κ3) is 4.89. The number of hydrogen-bond acceptors (Lipinski definition) is 4. The van der Waals surface area contributed by atoms with Crippen molar-refractivity contribution in [1.29, 1.82) is 0 Å². The van der Waals surface area contributed by atoms with Crippen LogP contribution in [-0.2, 0) is 17.8 Å². The quantitative estimate of drug-likeness (QED) is 0.641. The summed E-state index contributed by atoms with van der Waals surface area (Å²) >= 11 is 0. The third-order valence-electron chi connectivity index (χ3n) is 7.13. The average Bonchev–Trinajstić information content (AvgIpc) is 3.45. The van der Waals surface area contributed by atoms with Gasteiger partial charge in [-0.3, -0.25) is 14.8 Å². The van der Waals surface area contributed by atoms with Crippen LogP contribution in [0.1, 0.15) is 76.5 Å². The van der Waals surface area contributed by atoms with E-state index in [0.717, 1.165) is 44.2 Å². The van der Waals surface area contributed by atoms with Gasteiger partial charge in [0.15, 0.2) is 0 Å². The molecule has 8 nitrogen and oxygen atoms in total. The fourth-order valence-corrected chi connectivity index (χ4v) is 5.37. The number of aromatic nitrogens is 3. The molecule has 33 heavy (non-hydrogen) atoms. The van der Waals surface area contributed by atoms with Crippen molar-refractivity contribution in [1.82, 2.24) is 25.4 Å². The Morgan fingerprint density at radius 1 is 1.00 bits per heavy atom. The number of rotatable bonds is 5. The molecule has 2 aliphatic carbocycles. The minimum atomic E-state index is -0.225. The molecule has 8 heteroatoms. The number of nitrogens with zero attached hydrogens (tertiary/aromatic N) is 3. The van der Waals surface area contributed by atoms with Gasteiger partial charge in [-0.25, -0.2) is 9.78 Å². The Kier molecular flexibility index (Phi) is 5.62. The molecule has 1 aliphatic heterocycles. The monoisotopic (exact) mass is 450 g/mol. The summed E-state index contributed by atoms with van der Waals surface area (Å²) in [6.07, 6.45) is 10.8. The highest BCUT2D eigenvalue weighted by Gasteiger charge is 2.34. The van der Waals surface area contributed by atoms with Crippen molar-refractivity contribution >= 4 is 17.8 Å². The van der Waals surface area contributed by atoms with Gasteiger partial charge in [-0.05, 0) is 73.5 Å². The zero-order chi connectivity index (χ0) is 23.2. The maximum atomic E-state index is 12.7. The molecular weight excluding hydrogens is 416 g/mol. The molecule has 3 heterocycles. The summed E-state index contributed by atoms with van der Waals surface area (Å²) in [6, 6.07) is 2.12. The first-order valence-electron chi connectivity index (χ1n) is 12.2. The standard InChI is InChI=1S/C25H34N6O2/c1-15(32)28-17-6-8-18(9-7-17)29-24(33)30-23-10-19(20(12-26-23)16-4-5-16)21-13-27-31-14-25(2,3)11-22(21)31/h10,12-13,16-18H,4-9,11,14H2,1-3H3,(H,28,32)(H2,26,29,30,33). The second kappa shape index (κ2) is 8.47. The average molecular weight is 451 g/mol. The molecule has 176 valence electrons. The fourth-order valence-electron chi connectivity index (χ4n) is 5.37. The van der Waals surface area contributed by atoms with Crippen molar-refractivity contribution in [2.45, 2.75) is 90.3 Å². The lowest BCUT2D eigenvalue weighted by Crippen LogP contribution is -2.44. The van der Waals surface area contributed by atoms with E-state index < -0.39 is 0 Å². The van der Waals surface area contributed by atoms with Gasteiger partial charge in [-0.15, -0.1) is 0 Å². The molecule has 0 atom stereocenters. The Morgan fingerprint density at radius 3 is 2.36 bits per heavy atom. The Hall–Kier alpha value is -2.90. The predicted octanol–water partition coefficient (Wildman–Crippen LogP) is 3.97. The Labute approximate surface area is 194 Å². The van der Waals surface area contributed by atoms with Gasteiger partial charge in [0.1, 0.15) is 5.82 Å². The van der Waals surface area contributed by atoms with E-state index in [1.165, 1.54) is 29.7 Å². The zero-order valence-corrected chi connectivity index (χ0v) is 19.8. The van der Waals surface area contributed by atoms with Gasteiger partial charge in [-0.2, -0.15) is 5.10 Å². The molecule has 2 aromatic heterocycles. The topological polar surface area (TPSA) is 101 Å². The largest absolute Gasteiger partial charge is 0.354 e. The van der Waals surface area contributed by atoms with Crippen LogP contribution in [0.15, 0.2) is 18.5 Å². The summed E-state index contributed by atoms with van der Waals surface area (Å²) in [6.45, 7) is 7.04. The highest BCUT2D eigenvalue weighted by molar-refractivity contribution is 5.89. The number of urea groups is 1. The highest BCUT2D eigenvalue weighted by atomic mass is 16.2. The molecular formula is C25H34N6O2. The Bertz CT molecular complexity index is 1060. The van der Waals surface area contributed by atoms with Crippen molar-refractivity contribution < 1.29 is 9.59 Å². The van der Waals surface area contributed by atoms with Crippen LogP contribution < -0.4 is 16.0 Å². The molecule has 2 fully saturated rings. The van der Waals surface area contributed by atoms with Gasteiger partial charge >= 0.3 is 6.03 Å². The van der Waals surface area contributed by atoms with Crippen LogP contribution in [0.4, 0.5) is 10.6 Å². The number of fused-ring (bicyclic) bond motifs is 1. The molecule has 0 aromatic carbocycles. The van der Waals surface area contributed by atoms with Crippen molar-refractivity contribution in [3.8, 4) is 11.1 Å². The molecule has 2 saturated carbocycles.